The summed E-state index contributed by atoms with van der Waals surface area (Å²) in [5.74, 6) is -4.33. The van der Waals surface area contributed by atoms with E-state index in [-0.39, 0.29) is 24.9 Å². The SMILES string of the molecule is CCCCCCCCCCCCCCCC(=O)OCCCSC[C@H](NC(=O)OCC(Cl)(Cl)Cl)C(=O)N[C@@H](COC(C)(C)C)C(=O)N[C@@H](COC(C)(C)C)C(=O)N[C@@H](CC(N)=O)C(=O)OC(C)(C)C. The quantitative estimate of drug-likeness (QED) is 0.0176. The van der Waals surface area contributed by atoms with Crippen molar-refractivity contribution in [2.75, 3.05) is 37.9 Å². The second-order valence-corrected chi connectivity index (χ2v) is 23.4. The number of rotatable bonds is 35. The number of nitrogens with one attached hydrogen (secondary N) is 4. The van der Waals surface area contributed by atoms with Gasteiger partial charge in [-0.1, -0.05) is 119 Å². The zero-order valence-corrected chi connectivity index (χ0v) is 45.5. The monoisotopic (exact) mass is 1050 g/mol. The zero-order chi connectivity index (χ0) is 52.0. The van der Waals surface area contributed by atoms with Gasteiger partial charge < -0.3 is 50.7 Å². The third-order valence-corrected chi connectivity index (χ3v) is 11.0. The van der Waals surface area contributed by atoms with Crippen molar-refractivity contribution in [3.8, 4) is 0 Å². The summed E-state index contributed by atoms with van der Waals surface area (Å²) in [5.41, 5.74) is 2.82. The molecule has 6 N–H and O–H groups in total. The smallest absolute Gasteiger partial charge is 0.407 e. The molecule has 5 amide bonds. The van der Waals surface area contributed by atoms with Crippen LogP contribution in [0.2, 0.25) is 0 Å². The molecule has 68 heavy (non-hydrogen) atoms. The minimum atomic E-state index is -1.94. The van der Waals surface area contributed by atoms with E-state index in [0.717, 1.165) is 19.3 Å². The molecule has 0 heterocycles. The third-order valence-electron chi connectivity index (χ3n) is 9.49. The molecule has 0 aromatic heterocycles. The van der Waals surface area contributed by atoms with Gasteiger partial charge in [0.05, 0.1) is 37.4 Å². The maximum absolute atomic E-state index is 14.0. The Balaban J connectivity index is 5.75. The average Bonchev–Trinajstić information content (AvgIpc) is 3.20. The number of alkyl carbamates (subject to hydrolysis) is 1. The number of nitrogens with two attached hydrogens (primary N) is 1. The predicted molar refractivity (Wildman–Crippen MR) is 269 cm³/mol. The fraction of sp³-hybridized carbons (Fsp3) is 0.851. The molecule has 0 rings (SSSR count). The number of amides is 5. The number of unbranched alkanes of at least 4 members (excludes halogenated alkanes) is 12. The first-order chi connectivity index (χ1) is 31.5. The molecule has 0 aliphatic carbocycles. The first-order valence-electron chi connectivity index (χ1n) is 24.0. The summed E-state index contributed by atoms with van der Waals surface area (Å²) in [6.45, 7) is 16.1. The van der Waals surface area contributed by atoms with Crippen LogP contribution in [0.15, 0.2) is 0 Å². The number of esters is 2. The summed E-state index contributed by atoms with van der Waals surface area (Å²) in [6, 6.07) is -5.74. The Labute approximate surface area is 425 Å². The van der Waals surface area contributed by atoms with Crippen LogP contribution in [0.3, 0.4) is 0 Å². The molecule has 0 spiro atoms. The van der Waals surface area contributed by atoms with Crippen LogP contribution in [-0.2, 0) is 52.5 Å². The van der Waals surface area contributed by atoms with Crippen molar-refractivity contribution in [3.63, 3.8) is 0 Å². The highest BCUT2D eigenvalue weighted by molar-refractivity contribution is 7.99. The zero-order valence-electron chi connectivity index (χ0n) is 42.4. The van der Waals surface area contributed by atoms with Crippen LogP contribution < -0.4 is 27.0 Å². The topological polar surface area (TPSA) is 240 Å². The summed E-state index contributed by atoms with van der Waals surface area (Å²) >= 11 is 18.5. The van der Waals surface area contributed by atoms with Gasteiger partial charge in [0.25, 0.3) is 0 Å². The number of carbonyl (C=O) groups is 7. The number of thioether (sulfide) groups is 1. The predicted octanol–water partition coefficient (Wildman–Crippen LogP) is 7.90. The summed E-state index contributed by atoms with van der Waals surface area (Å²) in [6.07, 6.45) is 14.8. The first-order valence-corrected chi connectivity index (χ1v) is 26.2. The van der Waals surface area contributed by atoms with Crippen molar-refractivity contribution >= 4 is 88.2 Å². The molecule has 17 nitrogen and oxygen atoms in total. The molecule has 0 aliphatic rings. The maximum atomic E-state index is 14.0. The van der Waals surface area contributed by atoms with Crippen molar-refractivity contribution in [1.82, 2.24) is 21.3 Å². The minimum absolute atomic E-state index is 0.0214. The molecule has 0 saturated carbocycles. The molecule has 0 aliphatic heterocycles. The van der Waals surface area contributed by atoms with E-state index >= 15 is 0 Å². The van der Waals surface area contributed by atoms with E-state index in [1.54, 1.807) is 62.3 Å². The fourth-order valence-electron chi connectivity index (χ4n) is 6.04. The van der Waals surface area contributed by atoms with Crippen LogP contribution in [0.1, 0.15) is 172 Å². The van der Waals surface area contributed by atoms with Gasteiger partial charge in [-0.25, -0.2) is 9.59 Å². The molecular formula is C47H84Cl3N5O12S. The number of ether oxygens (including phenoxy) is 5. The number of hydrogen-bond acceptors (Lipinski definition) is 13. The molecular weight excluding hydrogens is 965 g/mol. The normalized spacial score (nSPS) is 13.9. The molecule has 0 unspecified atom stereocenters. The van der Waals surface area contributed by atoms with E-state index in [1.807, 2.05) is 0 Å². The van der Waals surface area contributed by atoms with E-state index < -0.39 is 100 Å². The summed E-state index contributed by atoms with van der Waals surface area (Å²) in [4.78, 5) is 91.8. The van der Waals surface area contributed by atoms with Crippen molar-refractivity contribution in [1.29, 1.82) is 0 Å². The third kappa shape index (κ3) is 38.0. The van der Waals surface area contributed by atoms with Gasteiger partial charge in [0.15, 0.2) is 0 Å². The van der Waals surface area contributed by atoms with Gasteiger partial charge in [-0.05, 0) is 80.9 Å². The molecule has 0 radical (unpaired) electrons. The van der Waals surface area contributed by atoms with Crippen molar-refractivity contribution in [3.05, 3.63) is 0 Å². The Morgan fingerprint density at radius 1 is 0.559 bits per heavy atom. The molecule has 0 fully saturated rings. The fourth-order valence-corrected chi connectivity index (χ4v) is 7.16. The summed E-state index contributed by atoms with van der Waals surface area (Å²) in [5, 5.41) is 10.0. The van der Waals surface area contributed by atoms with Gasteiger partial charge >= 0.3 is 18.0 Å². The molecule has 396 valence electrons. The number of halogens is 3. The highest BCUT2D eigenvalue weighted by Crippen LogP contribution is 2.26. The summed E-state index contributed by atoms with van der Waals surface area (Å²) < 4.78 is 25.6. The second kappa shape index (κ2) is 34.5. The second-order valence-electron chi connectivity index (χ2n) is 19.8. The van der Waals surface area contributed by atoms with E-state index in [0.29, 0.717) is 18.6 Å². The van der Waals surface area contributed by atoms with Crippen LogP contribution in [-0.4, -0.2) is 124 Å². The lowest BCUT2D eigenvalue weighted by Gasteiger charge is -2.30. The Bertz CT molecular complexity index is 1520. The maximum Gasteiger partial charge on any atom is 0.407 e. The number of alkyl halides is 3. The largest absolute Gasteiger partial charge is 0.466 e. The van der Waals surface area contributed by atoms with Crippen LogP contribution in [0.4, 0.5) is 4.79 Å². The molecule has 0 saturated heterocycles. The van der Waals surface area contributed by atoms with Gasteiger partial charge in [0.2, 0.25) is 27.4 Å². The van der Waals surface area contributed by atoms with Crippen LogP contribution in [0.25, 0.3) is 0 Å². The number of carbonyl (C=O) groups excluding carboxylic acids is 7. The lowest BCUT2D eigenvalue weighted by molar-refractivity contribution is -0.160. The first kappa shape index (κ1) is 65.2. The Morgan fingerprint density at radius 3 is 1.43 bits per heavy atom. The molecule has 0 aromatic carbocycles. The molecule has 4 atom stereocenters. The Kier molecular flexibility index (Phi) is 33.1. The van der Waals surface area contributed by atoms with Gasteiger partial charge in [-0.2, -0.15) is 11.8 Å². The highest BCUT2D eigenvalue weighted by atomic mass is 35.6. The Morgan fingerprint density at radius 2 is 1.00 bits per heavy atom. The van der Waals surface area contributed by atoms with Gasteiger partial charge in [0.1, 0.15) is 36.4 Å². The van der Waals surface area contributed by atoms with E-state index in [9.17, 15) is 33.6 Å². The van der Waals surface area contributed by atoms with E-state index in [4.69, 9.17) is 64.2 Å². The van der Waals surface area contributed by atoms with Gasteiger partial charge in [-0.15, -0.1) is 0 Å². The molecule has 0 bridgehead atoms. The minimum Gasteiger partial charge on any atom is -0.466 e. The lowest BCUT2D eigenvalue weighted by Crippen LogP contribution is -2.61. The molecule has 0 aromatic rings. The number of primary amides is 1. The van der Waals surface area contributed by atoms with Crippen molar-refractivity contribution < 1.29 is 57.2 Å². The highest BCUT2D eigenvalue weighted by Gasteiger charge is 2.35. The lowest BCUT2D eigenvalue weighted by atomic mass is 10.0. The van der Waals surface area contributed by atoms with Crippen molar-refractivity contribution in [2.45, 2.75) is 217 Å². The van der Waals surface area contributed by atoms with E-state index in [2.05, 4.69) is 28.2 Å². The standard InChI is InChI=1S/C47H84Cl3N5O12S/c1-11-12-13-14-15-16-17-18-19-20-21-22-23-25-38(57)63-26-24-27-68-31-36(55-43(62)64-32-47(48,49)50)41(60)54-35(30-66-45(5,6)7)40(59)53-34(29-65-44(2,3)4)39(58)52-33(28-37(51)56)42(61)67-46(8,9)10/h33-36H,11-32H2,1-10H3,(H2,51,56)(H,52,58)(H,53,59)(H,54,60)(H,55,62)/t33-,34-,35-,36-/m0/s1. The van der Waals surface area contributed by atoms with Crippen LogP contribution in [0.5, 0.6) is 0 Å². The Hall–Kier alpha value is -2.77. The summed E-state index contributed by atoms with van der Waals surface area (Å²) in [7, 11) is 0. The van der Waals surface area contributed by atoms with Gasteiger partial charge in [-0.3, -0.25) is 24.0 Å². The van der Waals surface area contributed by atoms with Crippen LogP contribution in [0, 0.1) is 0 Å². The van der Waals surface area contributed by atoms with Crippen LogP contribution >= 0.6 is 46.6 Å². The van der Waals surface area contributed by atoms with Gasteiger partial charge in [0, 0.05) is 12.2 Å². The molecule has 21 heteroatoms. The average molecular weight is 1050 g/mol. The number of hydrogen-bond donors (Lipinski definition) is 5. The van der Waals surface area contributed by atoms with Crippen molar-refractivity contribution in [2.24, 2.45) is 5.73 Å². The van der Waals surface area contributed by atoms with E-state index in [1.165, 1.54) is 76.0 Å².